The van der Waals surface area contributed by atoms with Crippen molar-refractivity contribution in [3.05, 3.63) is 28.8 Å². The molecule has 0 aliphatic carbocycles. The molecule has 1 aromatic carbocycles. The quantitative estimate of drug-likeness (QED) is 0.756. The zero-order chi connectivity index (χ0) is 11.0. The molecule has 1 unspecified atom stereocenters. The van der Waals surface area contributed by atoms with E-state index in [1.54, 1.807) is 0 Å². The van der Waals surface area contributed by atoms with Crippen molar-refractivity contribution >= 4 is 18.2 Å². The van der Waals surface area contributed by atoms with E-state index in [4.69, 9.17) is 10.5 Å². The molecular formula is C12H16ClNO2. The lowest BCUT2D eigenvalue weighted by Gasteiger charge is -2.12. The predicted molar refractivity (Wildman–Crippen MR) is 65.6 cm³/mol. The Morgan fingerprint density at radius 1 is 1.31 bits per heavy atom. The molecule has 0 fully saturated rings. The summed E-state index contributed by atoms with van der Waals surface area (Å²) in [5.74, 6) is 0.719. The second-order valence-electron chi connectivity index (χ2n) is 4.01. The summed E-state index contributed by atoms with van der Waals surface area (Å²) < 4.78 is 5.60. The van der Waals surface area contributed by atoms with Gasteiger partial charge < -0.3 is 10.5 Å². The number of hydrogen-bond acceptors (Lipinski definition) is 3. The Hall–Kier alpha value is -1.06. The minimum absolute atomic E-state index is 0. The van der Waals surface area contributed by atoms with Gasteiger partial charge in [0.1, 0.15) is 5.75 Å². The highest BCUT2D eigenvalue weighted by Crippen LogP contribution is 2.30. The molecule has 16 heavy (non-hydrogen) atoms. The van der Waals surface area contributed by atoms with Crippen LogP contribution in [0.4, 0.5) is 0 Å². The second kappa shape index (κ2) is 4.85. The first kappa shape index (κ1) is 13.0. The number of benzene rings is 1. The Balaban J connectivity index is 0.00000128. The van der Waals surface area contributed by atoms with Gasteiger partial charge in [0.05, 0.1) is 18.2 Å². The van der Waals surface area contributed by atoms with Gasteiger partial charge in [0.25, 0.3) is 0 Å². The second-order valence-corrected chi connectivity index (χ2v) is 4.01. The first-order valence-corrected chi connectivity index (χ1v) is 5.14. The number of hydrogen-bond donors (Lipinski definition) is 1. The molecule has 0 amide bonds. The molecule has 88 valence electrons. The number of aryl methyl sites for hydroxylation is 2. The van der Waals surface area contributed by atoms with Gasteiger partial charge in [-0.25, -0.2) is 0 Å². The van der Waals surface area contributed by atoms with E-state index < -0.39 is 6.04 Å². The predicted octanol–water partition coefficient (Wildman–Crippen LogP) is 2.02. The number of carbonyl (C=O) groups is 1. The highest BCUT2D eigenvalue weighted by atomic mass is 35.5. The fourth-order valence-corrected chi connectivity index (χ4v) is 1.88. The third-order valence-electron chi connectivity index (χ3n) is 2.82. The molecule has 1 aromatic rings. The van der Waals surface area contributed by atoms with Crippen LogP contribution in [0, 0.1) is 13.8 Å². The molecule has 1 aliphatic heterocycles. The van der Waals surface area contributed by atoms with Crippen molar-refractivity contribution in [3.63, 3.8) is 0 Å². The number of ketones is 1. The van der Waals surface area contributed by atoms with E-state index in [2.05, 4.69) is 0 Å². The normalized spacial score (nSPS) is 19.2. The van der Waals surface area contributed by atoms with Gasteiger partial charge in [0.15, 0.2) is 5.78 Å². The maximum absolute atomic E-state index is 12.0. The van der Waals surface area contributed by atoms with Crippen LogP contribution in [0.25, 0.3) is 0 Å². The Morgan fingerprint density at radius 2 is 1.94 bits per heavy atom. The molecule has 0 aromatic heterocycles. The minimum Gasteiger partial charge on any atom is -0.492 e. The van der Waals surface area contributed by atoms with Crippen LogP contribution in [0.1, 0.15) is 27.9 Å². The monoisotopic (exact) mass is 241 g/mol. The molecule has 0 saturated carbocycles. The van der Waals surface area contributed by atoms with Crippen LogP contribution in [-0.2, 0) is 0 Å². The van der Waals surface area contributed by atoms with E-state index in [-0.39, 0.29) is 18.2 Å². The molecule has 3 nitrogen and oxygen atoms in total. The number of ether oxygens (including phenoxy) is 1. The molecule has 1 atom stereocenters. The number of nitrogens with two attached hydrogens (primary N) is 1. The van der Waals surface area contributed by atoms with Gasteiger partial charge in [-0.1, -0.05) is 12.1 Å². The standard InChI is InChI=1S/C12H15NO2.ClH/c1-7-3-4-8(2)12-10(7)11(14)9(13)5-6-15-12;/h3-4,9H,5-6,13H2,1-2H3;1H. The van der Waals surface area contributed by atoms with Crippen molar-refractivity contribution in [3.8, 4) is 5.75 Å². The molecule has 0 bridgehead atoms. The van der Waals surface area contributed by atoms with Crippen molar-refractivity contribution in [2.75, 3.05) is 6.61 Å². The van der Waals surface area contributed by atoms with Crippen LogP contribution in [0.2, 0.25) is 0 Å². The molecule has 4 heteroatoms. The third-order valence-corrected chi connectivity index (χ3v) is 2.82. The van der Waals surface area contributed by atoms with Crippen LogP contribution in [0.5, 0.6) is 5.75 Å². The van der Waals surface area contributed by atoms with Crippen LogP contribution in [0.3, 0.4) is 0 Å². The van der Waals surface area contributed by atoms with Gasteiger partial charge in [-0.3, -0.25) is 4.79 Å². The third kappa shape index (κ3) is 2.06. The largest absolute Gasteiger partial charge is 0.492 e. The summed E-state index contributed by atoms with van der Waals surface area (Å²) in [4.78, 5) is 12.0. The number of Topliss-reactive ketones (excluding diaryl/α,β-unsaturated/α-hetero) is 1. The summed E-state index contributed by atoms with van der Waals surface area (Å²) in [5.41, 5.74) is 8.39. The van der Waals surface area contributed by atoms with Crippen LogP contribution in [0.15, 0.2) is 12.1 Å². The molecule has 0 radical (unpaired) electrons. The van der Waals surface area contributed by atoms with Gasteiger partial charge in [-0.2, -0.15) is 0 Å². The topological polar surface area (TPSA) is 52.3 Å². The highest BCUT2D eigenvalue weighted by molar-refractivity contribution is 6.04. The summed E-state index contributed by atoms with van der Waals surface area (Å²) in [7, 11) is 0. The van der Waals surface area contributed by atoms with Gasteiger partial charge >= 0.3 is 0 Å². The van der Waals surface area contributed by atoms with E-state index in [1.807, 2.05) is 26.0 Å². The fraction of sp³-hybridized carbons (Fsp3) is 0.417. The molecule has 2 N–H and O–H groups in total. The van der Waals surface area contributed by atoms with Crippen LogP contribution >= 0.6 is 12.4 Å². The van der Waals surface area contributed by atoms with Crippen molar-refractivity contribution in [1.29, 1.82) is 0 Å². The molecule has 1 heterocycles. The lowest BCUT2D eigenvalue weighted by Crippen LogP contribution is -2.30. The van der Waals surface area contributed by atoms with E-state index in [9.17, 15) is 4.79 Å². The summed E-state index contributed by atoms with van der Waals surface area (Å²) in [5, 5.41) is 0. The van der Waals surface area contributed by atoms with Gasteiger partial charge in [-0.15, -0.1) is 12.4 Å². The van der Waals surface area contributed by atoms with Crippen LogP contribution in [-0.4, -0.2) is 18.4 Å². The minimum atomic E-state index is -0.424. The fourth-order valence-electron chi connectivity index (χ4n) is 1.88. The van der Waals surface area contributed by atoms with E-state index in [0.29, 0.717) is 24.3 Å². The van der Waals surface area contributed by atoms with Crippen molar-refractivity contribution in [2.45, 2.75) is 26.3 Å². The molecule has 0 spiro atoms. The molecule has 2 rings (SSSR count). The number of carbonyl (C=O) groups excluding carboxylic acids is 1. The zero-order valence-corrected chi connectivity index (χ0v) is 10.3. The van der Waals surface area contributed by atoms with Gasteiger partial charge in [0, 0.05) is 6.42 Å². The first-order valence-electron chi connectivity index (χ1n) is 5.14. The van der Waals surface area contributed by atoms with E-state index >= 15 is 0 Å². The number of rotatable bonds is 0. The Morgan fingerprint density at radius 3 is 2.62 bits per heavy atom. The summed E-state index contributed by atoms with van der Waals surface area (Å²) in [6, 6.07) is 3.48. The summed E-state index contributed by atoms with van der Waals surface area (Å²) in [6.07, 6.45) is 0.590. The highest BCUT2D eigenvalue weighted by Gasteiger charge is 2.26. The van der Waals surface area contributed by atoms with Gasteiger partial charge in [-0.05, 0) is 25.0 Å². The SMILES string of the molecule is Cc1ccc(C)c2c1OCCC(N)C2=O.Cl. The Labute approximate surface area is 101 Å². The van der Waals surface area contributed by atoms with Crippen molar-refractivity contribution < 1.29 is 9.53 Å². The van der Waals surface area contributed by atoms with Crippen molar-refractivity contribution in [1.82, 2.24) is 0 Å². The zero-order valence-electron chi connectivity index (χ0n) is 9.45. The Kier molecular flexibility index (Phi) is 3.94. The number of fused-ring (bicyclic) bond motifs is 1. The van der Waals surface area contributed by atoms with Gasteiger partial charge in [0.2, 0.25) is 0 Å². The van der Waals surface area contributed by atoms with E-state index in [1.165, 1.54) is 0 Å². The number of halogens is 1. The summed E-state index contributed by atoms with van der Waals surface area (Å²) in [6.45, 7) is 4.38. The van der Waals surface area contributed by atoms with Crippen molar-refractivity contribution in [2.24, 2.45) is 5.73 Å². The Bertz CT molecular complexity index is 418. The first-order chi connectivity index (χ1) is 7.11. The average Bonchev–Trinajstić information content (AvgIpc) is 2.35. The molecule has 0 saturated heterocycles. The maximum atomic E-state index is 12.0. The lowest BCUT2D eigenvalue weighted by atomic mass is 9.96. The lowest BCUT2D eigenvalue weighted by molar-refractivity contribution is 0.0960. The van der Waals surface area contributed by atoms with Crippen LogP contribution < -0.4 is 10.5 Å². The molecular weight excluding hydrogens is 226 g/mol. The smallest absolute Gasteiger partial charge is 0.183 e. The van der Waals surface area contributed by atoms with E-state index in [0.717, 1.165) is 11.1 Å². The maximum Gasteiger partial charge on any atom is 0.183 e. The molecule has 1 aliphatic rings. The average molecular weight is 242 g/mol. The summed E-state index contributed by atoms with van der Waals surface area (Å²) >= 11 is 0.